The van der Waals surface area contributed by atoms with Crippen molar-refractivity contribution < 1.29 is 4.74 Å². The standard InChI is InChI=1S/C16H15N3O/c1-20-12-8-11(9-18-10-12)16(17)14-6-7-19-15-5-3-2-4-13(14)15/h2-10,16H,17H2,1H3. The Morgan fingerprint density at radius 1 is 1.15 bits per heavy atom. The lowest BCUT2D eigenvalue weighted by molar-refractivity contribution is 0.412. The molecule has 0 fully saturated rings. The minimum Gasteiger partial charge on any atom is -0.495 e. The molecule has 100 valence electrons. The molecule has 0 spiro atoms. The van der Waals surface area contributed by atoms with Gasteiger partial charge in [0.1, 0.15) is 5.75 Å². The zero-order valence-corrected chi connectivity index (χ0v) is 11.2. The van der Waals surface area contributed by atoms with Gasteiger partial charge >= 0.3 is 0 Å². The van der Waals surface area contributed by atoms with Crippen molar-refractivity contribution >= 4 is 10.9 Å². The van der Waals surface area contributed by atoms with E-state index in [-0.39, 0.29) is 6.04 Å². The molecule has 0 amide bonds. The third-order valence-corrected chi connectivity index (χ3v) is 3.35. The van der Waals surface area contributed by atoms with Crippen molar-refractivity contribution in [3.05, 3.63) is 66.1 Å². The van der Waals surface area contributed by atoms with Gasteiger partial charge in [-0.2, -0.15) is 0 Å². The topological polar surface area (TPSA) is 61.0 Å². The van der Waals surface area contributed by atoms with E-state index in [9.17, 15) is 0 Å². The number of benzene rings is 1. The van der Waals surface area contributed by atoms with Gasteiger partial charge in [-0.3, -0.25) is 9.97 Å². The number of ether oxygens (including phenoxy) is 1. The van der Waals surface area contributed by atoms with Crippen LogP contribution >= 0.6 is 0 Å². The molecule has 1 atom stereocenters. The summed E-state index contributed by atoms with van der Waals surface area (Å²) in [7, 11) is 1.62. The molecule has 2 N–H and O–H groups in total. The first-order valence-electron chi connectivity index (χ1n) is 6.38. The molecule has 3 rings (SSSR count). The fourth-order valence-corrected chi connectivity index (χ4v) is 2.29. The summed E-state index contributed by atoms with van der Waals surface area (Å²) in [4.78, 5) is 8.52. The lowest BCUT2D eigenvalue weighted by atomic mass is 9.97. The average Bonchev–Trinajstić information content (AvgIpc) is 2.53. The molecule has 2 heterocycles. The van der Waals surface area contributed by atoms with Crippen molar-refractivity contribution in [3.63, 3.8) is 0 Å². The van der Waals surface area contributed by atoms with Crippen LogP contribution in [-0.4, -0.2) is 17.1 Å². The van der Waals surface area contributed by atoms with Crippen LogP contribution in [0.1, 0.15) is 17.2 Å². The highest BCUT2D eigenvalue weighted by Crippen LogP contribution is 2.27. The Bertz CT molecular complexity index is 737. The van der Waals surface area contributed by atoms with Gasteiger partial charge in [0.2, 0.25) is 0 Å². The van der Waals surface area contributed by atoms with Gasteiger partial charge in [0.25, 0.3) is 0 Å². The number of nitrogens with zero attached hydrogens (tertiary/aromatic N) is 2. The van der Waals surface area contributed by atoms with E-state index < -0.39 is 0 Å². The van der Waals surface area contributed by atoms with Gasteiger partial charge in [0.05, 0.1) is 24.9 Å². The van der Waals surface area contributed by atoms with Gasteiger partial charge in [0.15, 0.2) is 0 Å². The largest absolute Gasteiger partial charge is 0.495 e. The minimum absolute atomic E-state index is 0.259. The van der Waals surface area contributed by atoms with E-state index >= 15 is 0 Å². The van der Waals surface area contributed by atoms with Crippen molar-refractivity contribution in [2.24, 2.45) is 5.73 Å². The lowest BCUT2D eigenvalue weighted by Gasteiger charge is -2.15. The van der Waals surface area contributed by atoms with Gasteiger partial charge in [0, 0.05) is 17.8 Å². The van der Waals surface area contributed by atoms with Crippen molar-refractivity contribution in [2.45, 2.75) is 6.04 Å². The predicted molar refractivity (Wildman–Crippen MR) is 78.6 cm³/mol. The zero-order chi connectivity index (χ0) is 13.9. The SMILES string of the molecule is COc1cncc(C(N)c2ccnc3ccccc23)c1. The summed E-state index contributed by atoms with van der Waals surface area (Å²) in [6.07, 6.45) is 5.22. The maximum atomic E-state index is 6.38. The zero-order valence-electron chi connectivity index (χ0n) is 11.2. The molecule has 0 radical (unpaired) electrons. The second-order valence-electron chi connectivity index (χ2n) is 4.55. The quantitative estimate of drug-likeness (QED) is 0.791. The number of fused-ring (bicyclic) bond motifs is 1. The Kier molecular flexibility index (Phi) is 3.31. The molecule has 2 aromatic heterocycles. The monoisotopic (exact) mass is 265 g/mol. The number of nitrogens with two attached hydrogens (primary N) is 1. The highest BCUT2D eigenvalue weighted by Gasteiger charge is 2.13. The van der Waals surface area contributed by atoms with Crippen LogP contribution in [0.4, 0.5) is 0 Å². The summed E-state index contributed by atoms with van der Waals surface area (Å²) in [5.41, 5.74) is 9.27. The molecule has 0 aliphatic heterocycles. The predicted octanol–water partition coefficient (Wildman–Crippen LogP) is 2.69. The molecule has 0 bridgehead atoms. The molecule has 4 nitrogen and oxygen atoms in total. The van der Waals surface area contributed by atoms with E-state index in [4.69, 9.17) is 10.5 Å². The van der Waals surface area contributed by atoms with Crippen molar-refractivity contribution in [1.82, 2.24) is 9.97 Å². The van der Waals surface area contributed by atoms with Crippen LogP contribution in [0.5, 0.6) is 5.75 Å². The molecule has 3 aromatic rings. The Labute approximate surface area is 117 Å². The van der Waals surface area contributed by atoms with Crippen molar-refractivity contribution in [1.29, 1.82) is 0 Å². The number of aromatic nitrogens is 2. The number of methoxy groups -OCH3 is 1. The van der Waals surface area contributed by atoms with Crippen molar-refractivity contribution in [2.75, 3.05) is 7.11 Å². The summed E-state index contributed by atoms with van der Waals surface area (Å²) in [5, 5.41) is 1.06. The van der Waals surface area contributed by atoms with E-state index in [1.807, 2.05) is 36.4 Å². The summed E-state index contributed by atoms with van der Waals surface area (Å²) < 4.78 is 5.20. The molecule has 0 aliphatic rings. The molecular formula is C16H15N3O. The molecule has 0 saturated heterocycles. The van der Waals surface area contributed by atoms with E-state index in [0.717, 1.165) is 22.0 Å². The van der Waals surface area contributed by atoms with Crippen molar-refractivity contribution in [3.8, 4) is 5.75 Å². The normalized spacial score (nSPS) is 12.3. The van der Waals surface area contributed by atoms with Gasteiger partial charge in [-0.25, -0.2) is 0 Å². The Morgan fingerprint density at radius 2 is 2.00 bits per heavy atom. The number of hydrogen-bond donors (Lipinski definition) is 1. The molecular weight excluding hydrogens is 250 g/mol. The summed E-state index contributed by atoms with van der Waals surface area (Å²) in [6, 6.07) is 11.6. The van der Waals surface area contributed by atoms with Gasteiger partial charge in [-0.1, -0.05) is 18.2 Å². The lowest BCUT2D eigenvalue weighted by Crippen LogP contribution is -2.13. The van der Waals surface area contributed by atoms with Crippen LogP contribution in [0.2, 0.25) is 0 Å². The fraction of sp³-hybridized carbons (Fsp3) is 0.125. The maximum Gasteiger partial charge on any atom is 0.137 e. The van der Waals surface area contributed by atoms with Crippen LogP contribution in [0.25, 0.3) is 10.9 Å². The van der Waals surface area contributed by atoms with Gasteiger partial charge in [-0.05, 0) is 29.3 Å². The molecule has 0 saturated carbocycles. The molecule has 1 aromatic carbocycles. The number of pyridine rings is 2. The fourth-order valence-electron chi connectivity index (χ4n) is 2.29. The van der Waals surface area contributed by atoms with Gasteiger partial charge < -0.3 is 10.5 Å². The van der Waals surface area contributed by atoms with Gasteiger partial charge in [-0.15, -0.1) is 0 Å². The summed E-state index contributed by atoms with van der Waals surface area (Å²) in [6.45, 7) is 0. The number of para-hydroxylation sites is 1. The Morgan fingerprint density at radius 3 is 2.85 bits per heavy atom. The van der Waals surface area contributed by atoms with E-state index in [0.29, 0.717) is 5.75 Å². The molecule has 0 aliphatic carbocycles. The Hall–Kier alpha value is -2.46. The van der Waals surface area contributed by atoms with E-state index in [2.05, 4.69) is 9.97 Å². The second kappa shape index (κ2) is 5.27. The summed E-state index contributed by atoms with van der Waals surface area (Å²) >= 11 is 0. The third kappa shape index (κ3) is 2.21. The number of hydrogen-bond acceptors (Lipinski definition) is 4. The first kappa shape index (κ1) is 12.6. The van der Waals surface area contributed by atoms with E-state index in [1.54, 1.807) is 25.7 Å². The van der Waals surface area contributed by atoms with Crippen LogP contribution in [-0.2, 0) is 0 Å². The highest BCUT2D eigenvalue weighted by molar-refractivity contribution is 5.82. The molecule has 1 unspecified atom stereocenters. The molecule has 20 heavy (non-hydrogen) atoms. The summed E-state index contributed by atoms with van der Waals surface area (Å²) in [5.74, 6) is 0.705. The van der Waals surface area contributed by atoms with Crippen LogP contribution in [0.3, 0.4) is 0 Å². The van der Waals surface area contributed by atoms with Crippen LogP contribution in [0, 0.1) is 0 Å². The molecule has 4 heteroatoms. The van der Waals surface area contributed by atoms with E-state index in [1.165, 1.54) is 0 Å². The third-order valence-electron chi connectivity index (χ3n) is 3.35. The minimum atomic E-state index is -0.259. The second-order valence-corrected chi connectivity index (χ2v) is 4.55. The number of rotatable bonds is 3. The first-order valence-corrected chi connectivity index (χ1v) is 6.38. The first-order chi connectivity index (χ1) is 9.79. The average molecular weight is 265 g/mol. The van der Waals surface area contributed by atoms with Crippen LogP contribution < -0.4 is 10.5 Å². The highest BCUT2D eigenvalue weighted by atomic mass is 16.5. The maximum absolute atomic E-state index is 6.38. The smallest absolute Gasteiger partial charge is 0.137 e. The Balaban J connectivity index is 2.10. The van der Waals surface area contributed by atoms with Crippen LogP contribution in [0.15, 0.2) is 55.0 Å².